The lowest BCUT2D eigenvalue weighted by Gasteiger charge is -2.15. The second kappa shape index (κ2) is 14.6. The van der Waals surface area contributed by atoms with E-state index in [-0.39, 0.29) is 25.2 Å². The first-order valence-electron chi connectivity index (χ1n) is 10.4. The number of hydrogen-bond acceptors (Lipinski definition) is 4. The lowest BCUT2D eigenvalue weighted by Crippen LogP contribution is -2.46. The van der Waals surface area contributed by atoms with Gasteiger partial charge in [-0.25, -0.2) is 5.48 Å². The Labute approximate surface area is 172 Å². The number of hydroxylamine groups is 1. The molecule has 7 nitrogen and oxygen atoms in total. The highest BCUT2D eigenvalue weighted by Crippen LogP contribution is 2.21. The largest absolute Gasteiger partial charge is 0.481 e. The molecule has 0 fully saturated rings. The molecule has 2 amide bonds. The van der Waals surface area contributed by atoms with Crippen molar-refractivity contribution in [2.75, 3.05) is 0 Å². The SMILES string of the molecule is CC(CCCCCCCCC(=O)N[C@H](CCC(=O)O)C(=O)NO)c1ccccc1. The third-order valence-corrected chi connectivity index (χ3v) is 5.07. The molecule has 0 heterocycles. The second-order valence-corrected chi connectivity index (χ2v) is 7.50. The van der Waals surface area contributed by atoms with Gasteiger partial charge in [-0.05, 0) is 30.7 Å². The fourth-order valence-electron chi connectivity index (χ4n) is 3.27. The molecule has 0 aliphatic carbocycles. The molecule has 0 saturated carbocycles. The Morgan fingerprint density at radius 1 is 0.897 bits per heavy atom. The monoisotopic (exact) mass is 406 g/mol. The van der Waals surface area contributed by atoms with Gasteiger partial charge in [0.05, 0.1) is 0 Å². The number of carbonyl (C=O) groups excluding carboxylic acids is 2. The molecule has 0 aromatic heterocycles. The Balaban J connectivity index is 2.10. The van der Waals surface area contributed by atoms with Gasteiger partial charge >= 0.3 is 5.97 Å². The van der Waals surface area contributed by atoms with Crippen LogP contribution in [-0.2, 0) is 14.4 Å². The molecule has 1 rings (SSSR count). The number of amides is 2. The van der Waals surface area contributed by atoms with Crippen LogP contribution in [0.3, 0.4) is 0 Å². The number of benzene rings is 1. The van der Waals surface area contributed by atoms with Gasteiger partial charge in [-0.2, -0.15) is 0 Å². The topological polar surface area (TPSA) is 116 Å². The molecular formula is C22H34N2O5. The van der Waals surface area contributed by atoms with Gasteiger partial charge in [0.15, 0.2) is 0 Å². The van der Waals surface area contributed by atoms with E-state index in [0.717, 1.165) is 25.7 Å². The molecule has 0 aliphatic rings. The Morgan fingerprint density at radius 2 is 1.52 bits per heavy atom. The van der Waals surface area contributed by atoms with Gasteiger partial charge in [-0.3, -0.25) is 19.6 Å². The van der Waals surface area contributed by atoms with Gasteiger partial charge in [-0.1, -0.05) is 69.4 Å². The lowest BCUT2D eigenvalue weighted by molar-refractivity contribution is -0.139. The first-order chi connectivity index (χ1) is 13.9. The number of aliphatic carboxylic acids is 1. The van der Waals surface area contributed by atoms with E-state index in [1.807, 2.05) is 6.07 Å². The van der Waals surface area contributed by atoms with Crippen molar-refractivity contribution < 1.29 is 24.7 Å². The molecule has 0 saturated heterocycles. The van der Waals surface area contributed by atoms with Crippen LogP contribution in [0.2, 0.25) is 0 Å². The van der Waals surface area contributed by atoms with Gasteiger partial charge in [-0.15, -0.1) is 0 Å². The molecule has 1 unspecified atom stereocenters. The zero-order valence-electron chi connectivity index (χ0n) is 17.2. The van der Waals surface area contributed by atoms with E-state index in [0.29, 0.717) is 5.92 Å². The van der Waals surface area contributed by atoms with Crippen LogP contribution in [0.1, 0.15) is 82.6 Å². The molecule has 1 aromatic rings. The third-order valence-electron chi connectivity index (χ3n) is 5.07. The number of carboxylic acids is 1. The zero-order valence-corrected chi connectivity index (χ0v) is 17.2. The van der Waals surface area contributed by atoms with Crippen molar-refractivity contribution in [3.8, 4) is 0 Å². The summed E-state index contributed by atoms with van der Waals surface area (Å²) in [4.78, 5) is 34.1. The quantitative estimate of drug-likeness (QED) is 0.201. The predicted octanol–water partition coefficient (Wildman–Crippen LogP) is 3.77. The van der Waals surface area contributed by atoms with E-state index in [2.05, 4.69) is 36.5 Å². The first-order valence-corrected chi connectivity index (χ1v) is 10.4. The molecule has 162 valence electrons. The van der Waals surface area contributed by atoms with Crippen LogP contribution in [0.25, 0.3) is 0 Å². The van der Waals surface area contributed by atoms with Crippen LogP contribution >= 0.6 is 0 Å². The van der Waals surface area contributed by atoms with Crippen LogP contribution in [-0.4, -0.2) is 34.1 Å². The minimum Gasteiger partial charge on any atom is -0.481 e. The maximum atomic E-state index is 11.9. The Morgan fingerprint density at radius 3 is 2.14 bits per heavy atom. The fraction of sp³-hybridized carbons (Fsp3) is 0.591. The summed E-state index contributed by atoms with van der Waals surface area (Å²) in [6.07, 6.45) is 7.37. The summed E-state index contributed by atoms with van der Waals surface area (Å²) < 4.78 is 0. The summed E-state index contributed by atoms with van der Waals surface area (Å²) in [5.41, 5.74) is 2.85. The van der Waals surface area contributed by atoms with Gasteiger partial charge < -0.3 is 10.4 Å². The van der Waals surface area contributed by atoms with Crippen molar-refractivity contribution in [2.45, 2.75) is 83.1 Å². The van der Waals surface area contributed by atoms with Crippen molar-refractivity contribution in [3.05, 3.63) is 35.9 Å². The van der Waals surface area contributed by atoms with Crippen LogP contribution in [0.5, 0.6) is 0 Å². The number of nitrogens with one attached hydrogen (secondary N) is 2. The van der Waals surface area contributed by atoms with E-state index < -0.39 is 17.9 Å². The minimum atomic E-state index is -1.06. The summed E-state index contributed by atoms with van der Waals surface area (Å²) in [5.74, 6) is -1.59. The summed E-state index contributed by atoms with van der Waals surface area (Å²) >= 11 is 0. The number of unbranched alkanes of at least 4 members (excludes halogenated alkanes) is 5. The van der Waals surface area contributed by atoms with Crippen molar-refractivity contribution in [1.29, 1.82) is 0 Å². The molecule has 0 radical (unpaired) electrons. The van der Waals surface area contributed by atoms with E-state index in [9.17, 15) is 14.4 Å². The normalized spacial score (nSPS) is 12.8. The molecule has 0 bridgehead atoms. The van der Waals surface area contributed by atoms with Crippen LogP contribution in [0.4, 0.5) is 0 Å². The Bertz CT molecular complexity index is 621. The van der Waals surface area contributed by atoms with Crippen molar-refractivity contribution in [2.24, 2.45) is 0 Å². The van der Waals surface area contributed by atoms with Crippen molar-refractivity contribution in [1.82, 2.24) is 10.8 Å². The molecule has 4 N–H and O–H groups in total. The average Bonchev–Trinajstić information content (AvgIpc) is 2.72. The summed E-state index contributed by atoms with van der Waals surface area (Å²) in [6.45, 7) is 2.26. The van der Waals surface area contributed by atoms with Crippen LogP contribution in [0.15, 0.2) is 30.3 Å². The zero-order chi connectivity index (χ0) is 21.5. The minimum absolute atomic E-state index is 0.0606. The molecule has 0 aliphatic heterocycles. The lowest BCUT2D eigenvalue weighted by atomic mass is 9.95. The summed E-state index contributed by atoms with van der Waals surface area (Å²) in [7, 11) is 0. The average molecular weight is 407 g/mol. The number of carbonyl (C=O) groups is 3. The maximum absolute atomic E-state index is 11.9. The molecule has 2 atom stereocenters. The predicted molar refractivity (Wildman–Crippen MR) is 111 cm³/mol. The number of carboxylic acid groups (broad SMARTS) is 1. The highest BCUT2D eigenvalue weighted by Gasteiger charge is 2.21. The summed E-state index contributed by atoms with van der Waals surface area (Å²) in [5, 5.41) is 19.9. The maximum Gasteiger partial charge on any atom is 0.303 e. The molecule has 7 heteroatoms. The molecule has 29 heavy (non-hydrogen) atoms. The van der Waals surface area contributed by atoms with E-state index >= 15 is 0 Å². The standard InChI is InChI=1S/C22H34N2O5/c1-17(18-12-8-6-9-13-18)11-7-4-2-3-5-10-14-20(25)23-19(22(28)24-29)15-16-21(26)27/h6,8-9,12-13,17,19,29H,2-5,7,10-11,14-16H2,1H3,(H,23,25)(H,24,28)(H,26,27)/t17?,19-/m1/s1. The van der Waals surface area contributed by atoms with Crippen molar-refractivity contribution in [3.63, 3.8) is 0 Å². The van der Waals surface area contributed by atoms with Gasteiger partial charge in [0.25, 0.3) is 5.91 Å². The van der Waals surface area contributed by atoms with E-state index in [4.69, 9.17) is 10.3 Å². The van der Waals surface area contributed by atoms with Gasteiger partial charge in [0.1, 0.15) is 6.04 Å². The first kappa shape index (κ1) is 24.6. The Kier molecular flexibility index (Phi) is 12.4. The smallest absolute Gasteiger partial charge is 0.303 e. The second-order valence-electron chi connectivity index (χ2n) is 7.50. The number of hydrogen-bond donors (Lipinski definition) is 4. The Hall–Kier alpha value is -2.41. The molecule has 0 spiro atoms. The van der Waals surface area contributed by atoms with Gasteiger partial charge in [0, 0.05) is 12.8 Å². The van der Waals surface area contributed by atoms with E-state index in [1.165, 1.54) is 30.3 Å². The molecular weight excluding hydrogens is 372 g/mol. The van der Waals surface area contributed by atoms with E-state index in [1.54, 1.807) is 0 Å². The summed E-state index contributed by atoms with van der Waals surface area (Å²) in [6, 6.07) is 9.50. The van der Waals surface area contributed by atoms with Crippen LogP contribution in [0, 0.1) is 0 Å². The highest BCUT2D eigenvalue weighted by molar-refractivity contribution is 5.87. The third kappa shape index (κ3) is 11.2. The van der Waals surface area contributed by atoms with Gasteiger partial charge in [0.2, 0.25) is 5.91 Å². The highest BCUT2D eigenvalue weighted by atomic mass is 16.5. The van der Waals surface area contributed by atoms with Crippen molar-refractivity contribution >= 4 is 17.8 Å². The number of rotatable bonds is 15. The fourth-order valence-corrected chi connectivity index (χ4v) is 3.27. The van der Waals surface area contributed by atoms with Crippen LogP contribution < -0.4 is 10.8 Å². The molecule has 1 aromatic carbocycles.